The zero-order valence-electron chi connectivity index (χ0n) is 15.2. The molecule has 0 aliphatic rings. The van der Waals surface area contributed by atoms with Gasteiger partial charge in [-0.3, -0.25) is 10.0 Å². The van der Waals surface area contributed by atoms with Crippen molar-refractivity contribution >= 4 is 39.1 Å². The number of benzene rings is 1. The van der Waals surface area contributed by atoms with E-state index < -0.39 is 39.1 Å². The van der Waals surface area contributed by atoms with E-state index in [-0.39, 0.29) is 11.6 Å². The summed E-state index contributed by atoms with van der Waals surface area (Å²) >= 11 is 0. The molecule has 0 saturated heterocycles. The molecule has 4 N–H and O–H groups in total. The monoisotopic (exact) mass is 414 g/mol. The number of carbonyl (C=O) groups excluding carboxylic acids is 1. The normalized spacial score (nSPS) is 11.0. The molecule has 0 radical (unpaired) electrons. The summed E-state index contributed by atoms with van der Waals surface area (Å²) in [5.74, 6) is -1.98. The van der Waals surface area contributed by atoms with Gasteiger partial charge in [-0.05, 0) is 25.5 Å². The van der Waals surface area contributed by atoms with Gasteiger partial charge >= 0.3 is 6.03 Å². The van der Waals surface area contributed by atoms with E-state index in [0.29, 0.717) is 18.8 Å². The third kappa shape index (κ3) is 5.74. The third-order valence-electron chi connectivity index (χ3n) is 3.33. The summed E-state index contributed by atoms with van der Waals surface area (Å²) in [7, 11) is -3.79. The molecule has 0 fully saturated rings. The summed E-state index contributed by atoms with van der Waals surface area (Å²) in [4.78, 5) is 19.8. The number of nitrogens with zero attached hydrogens (tertiary/aromatic N) is 2. The molecule has 9 nitrogen and oxygen atoms in total. The van der Waals surface area contributed by atoms with Gasteiger partial charge in [0.25, 0.3) is 0 Å². The highest BCUT2D eigenvalue weighted by atomic mass is 32.2. The molecule has 1 aromatic carbocycles. The van der Waals surface area contributed by atoms with E-state index in [1.165, 1.54) is 12.4 Å². The van der Waals surface area contributed by atoms with Gasteiger partial charge in [0.2, 0.25) is 10.0 Å². The van der Waals surface area contributed by atoms with Gasteiger partial charge in [-0.25, -0.2) is 32.0 Å². The Morgan fingerprint density at radius 1 is 1.11 bits per heavy atom. The van der Waals surface area contributed by atoms with Gasteiger partial charge in [0.05, 0.1) is 11.4 Å². The lowest BCUT2D eigenvalue weighted by Gasteiger charge is -2.13. The van der Waals surface area contributed by atoms with Crippen LogP contribution < -0.4 is 20.7 Å². The van der Waals surface area contributed by atoms with Gasteiger partial charge in [0.1, 0.15) is 29.5 Å². The van der Waals surface area contributed by atoms with E-state index in [0.717, 1.165) is 12.1 Å². The molecule has 152 valence electrons. The van der Waals surface area contributed by atoms with Crippen molar-refractivity contribution in [1.82, 2.24) is 9.97 Å². The van der Waals surface area contributed by atoms with Crippen LogP contribution in [0.25, 0.3) is 0 Å². The zero-order valence-corrected chi connectivity index (χ0v) is 16.0. The minimum Gasteiger partial charge on any atom is -0.370 e. The van der Waals surface area contributed by atoms with Crippen molar-refractivity contribution in [2.45, 2.75) is 20.3 Å². The Morgan fingerprint density at radius 3 is 2.50 bits per heavy atom. The molecular weight excluding hydrogens is 394 g/mol. The fourth-order valence-electron chi connectivity index (χ4n) is 2.20. The molecule has 0 spiro atoms. The average molecular weight is 414 g/mol. The number of amides is 2. The fourth-order valence-corrected chi connectivity index (χ4v) is 3.33. The lowest BCUT2D eigenvalue weighted by atomic mass is 10.2. The molecule has 0 atom stereocenters. The molecule has 0 bridgehead atoms. The Bertz CT molecular complexity index is 955. The predicted octanol–water partition coefficient (Wildman–Crippen LogP) is 2.98. The quantitative estimate of drug-likeness (QED) is 0.526. The Morgan fingerprint density at radius 2 is 1.82 bits per heavy atom. The Balaban J connectivity index is 2.17. The fraction of sp³-hybridized carbons (Fsp3) is 0.312. The molecule has 1 heterocycles. The number of carbonyl (C=O) groups is 1. The van der Waals surface area contributed by atoms with Crippen molar-refractivity contribution in [3.63, 3.8) is 0 Å². The highest BCUT2D eigenvalue weighted by molar-refractivity contribution is 7.92. The highest BCUT2D eigenvalue weighted by Gasteiger charge is 2.19. The third-order valence-corrected chi connectivity index (χ3v) is 4.81. The van der Waals surface area contributed by atoms with Crippen LogP contribution in [-0.2, 0) is 10.0 Å². The van der Waals surface area contributed by atoms with Crippen LogP contribution in [0.15, 0.2) is 24.5 Å². The van der Waals surface area contributed by atoms with Crippen LogP contribution in [0.2, 0.25) is 0 Å². The summed E-state index contributed by atoms with van der Waals surface area (Å²) in [5.41, 5.74) is -1.27. The second kappa shape index (κ2) is 9.26. The first kappa shape index (κ1) is 21.3. The summed E-state index contributed by atoms with van der Waals surface area (Å²) in [6.45, 7) is 4.10. The van der Waals surface area contributed by atoms with E-state index in [2.05, 4.69) is 20.6 Å². The number of rotatable bonds is 8. The SMILES string of the molecule is CCCS(=O)(=O)Nc1ccc(F)c(NC(=O)Nc2cc(NCC)ncn2)c1F. The van der Waals surface area contributed by atoms with Crippen LogP contribution >= 0.6 is 0 Å². The molecule has 1 aromatic heterocycles. The summed E-state index contributed by atoms with van der Waals surface area (Å²) in [6.07, 6.45) is 1.53. The summed E-state index contributed by atoms with van der Waals surface area (Å²) in [6, 6.07) is 2.25. The van der Waals surface area contributed by atoms with E-state index in [1.807, 2.05) is 17.0 Å². The minimum atomic E-state index is -3.79. The topological polar surface area (TPSA) is 125 Å². The van der Waals surface area contributed by atoms with E-state index in [9.17, 15) is 22.0 Å². The molecular formula is C16H20F2N6O3S. The molecule has 2 rings (SSSR count). The number of anilines is 4. The summed E-state index contributed by atoms with van der Waals surface area (Å²) < 4.78 is 54.1. The van der Waals surface area contributed by atoms with Crippen LogP contribution in [0.5, 0.6) is 0 Å². The van der Waals surface area contributed by atoms with Crippen molar-refractivity contribution in [1.29, 1.82) is 0 Å². The molecule has 0 unspecified atom stereocenters. The first-order chi connectivity index (χ1) is 13.3. The molecule has 0 aliphatic heterocycles. The maximum Gasteiger partial charge on any atom is 0.325 e. The van der Waals surface area contributed by atoms with Gasteiger partial charge in [0, 0.05) is 12.6 Å². The van der Waals surface area contributed by atoms with Crippen LogP contribution in [0.1, 0.15) is 20.3 Å². The number of hydrogen-bond donors (Lipinski definition) is 4. The zero-order chi connectivity index (χ0) is 20.7. The Hall–Kier alpha value is -3.02. The molecule has 0 saturated carbocycles. The van der Waals surface area contributed by atoms with E-state index >= 15 is 0 Å². The number of urea groups is 1. The van der Waals surface area contributed by atoms with Gasteiger partial charge in [0.15, 0.2) is 5.82 Å². The largest absolute Gasteiger partial charge is 0.370 e. The number of sulfonamides is 1. The molecule has 2 amide bonds. The standard InChI is InChI=1S/C16H20F2N6O3S/c1-3-7-28(26,27)24-11-6-5-10(17)15(14(11)18)23-16(25)22-13-8-12(19-4-2)20-9-21-13/h5-6,8-9,24H,3-4,7H2,1-2H3,(H3,19,20,21,22,23,25). The first-order valence-electron chi connectivity index (χ1n) is 8.38. The Labute approximate surface area is 161 Å². The van der Waals surface area contributed by atoms with Gasteiger partial charge in [-0.2, -0.15) is 0 Å². The van der Waals surface area contributed by atoms with Crippen LogP contribution in [0, 0.1) is 11.6 Å². The average Bonchev–Trinajstić information content (AvgIpc) is 2.61. The predicted molar refractivity (Wildman–Crippen MR) is 103 cm³/mol. The second-order valence-electron chi connectivity index (χ2n) is 5.60. The smallest absolute Gasteiger partial charge is 0.325 e. The lowest BCUT2D eigenvalue weighted by molar-refractivity contribution is 0.262. The first-order valence-corrected chi connectivity index (χ1v) is 10.0. The van der Waals surface area contributed by atoms with Crippen molar-refractivity contribution < 1.29 is 22.0 Å². The van der Waals surface area contributed by atoms with Crippen LogP contribution in [0.3, 0.4) is 0 Å². The van der Waals surface area contributed by atoms with Gasteiger partial charge in [-0.1, -0.05) is 6.92 Å². The molecule has 28 heavy (non-hydrogen) atoms. The number of halogens is 2. The molecule has 0 aliphatic carbocycles. The van der Waals surface area contributed by atoms with Gasteiger partial charge in [-0.15, -0.1) is 0 Å². The van der Waals surface area contributed by atoms with Crippen molar-refractivity contribution in [3.05, 3.63) is 36.2 Å². The molecule has 2 aromatic rings. The molecule has 12 heteroatoms. The van der Waals surface area contributed by atoms with Crippen molar-refractivity contribution in [2.75, 3.05) is 33.0 Å². The maximum atomic E-state index is 14.5. The van der Waals surface area contributed by atoms with Gasteiger partial charge < -0.3 is 10.6 Å². The van der Waals surface area contributed by atoms with Crippen LogP contribution in [0.4, 0.5) is 36.6 Å². The van der Waals surface area contributed by atoms with Crippen LogP contribution in [-0.4, -0.2) is 36.7 Å². The van der Waals surface area contributed by atoms with E-state index in [4.69, 9.17) is 0 Å². The number of nitrogens with one attached hydrogen (secondary N) is 4. The minimum absolute atomic E-state index is 0.101. The summed E-state index contributed by atoms with van der Waals surface area (Å²) in [5, 5.41) is 7.26. The van der Waals surface area contributed by atoms with E-state index in [1.54, 1.807) is 6.92 Å². The highest BCUT2D eigenvalue weighted by Crippen LogP contribution is 2.27. The maximum absolute atomic E-state index is 14.5. The Kier molecular flexibility index (Phi) is 7.04. The number of hydrogen-bond acceptors (Lipinski definition) is 6. The lowest BCUT2D eigenvalue weighted by Crippen LogP contribution is -2.23. The second-order valence-corrected chi connectivity index (χ2v) is 7.44. The van der Waals surface area contributed by atoms with Crippen molar-refractivity contribution in [3.8, 4) is 0 Å². The number of aromatic nitrogens is 2. The van der Waals surface area contributed by atoms with Crippen molar-refractivity contribution in [2.24, 2.45) is 0 Å².